The van der Waals surface area contributed by atoms with Crippen molar-refractivity contribution in [2.75, 3.05) is 6.61 Å². The fourth-order valence-corrected chi connectivity index (χ4v) is 0.735. The second kappa shape index (κ2) is 10.8. The Morgan fingerprint density at radius 3 is 2.00 bits per heavy atom. The van der Waals surface area contributed by atoms with Crippen LogP contribution in [0.1, 0.15) is 6.92 Å². The van der Waals surface area contributed by atoms with E-state index < -0.39 is 31.0 Å². The first kappa shape index (κ1) is 19.0. The quantitative estimate of drug-likeness (QED) is 0.198. The fourth-order valence-electron chi connectivity index (χ4n) is 0.735. The van der Waals surface area contributed by atoms with Crippen molar-refractivity contribution in [3.8, 4) is 0 Å². The second-order valence-electron chi connectivity index (χ2n) is 3.13. The summed E-state index contributed by atoms with van der Waals surface area (Å²) in [6.07, 6.45) is -5.74. The van der Waals surface area contributed by atoms with Crippen LogP contribution >= 0.6 is 0 Å². The summed E-state index contributed by atoms with van der Waals surface area (Å²) < 4.78 is 4.17. The van der Waals surface area contributed by atoms with Gasteiger partial charge in [0.05, 0.1) is 12.9 Å². The maximum Gasteiger partial charge on any atom is 0.307 e. The Labute approximate surface area is 104 Å². The highest BCUT2D eigenvalue weighted by Crippen LogP contribution is 2.02. The molecule has 0 saturated carbocycles. The van der Waals surface area contributed by atoms with Crippen LogP contribution in [-0.4, -0.2) is 68.8 Å². The Hall–Kier alpha value is -1.32. The molecule has 0 aliphatic rings. The third kappa shape index (κ3) is 8.79. The second-order valence-corrected chi connectivity index (χ2v) is 3.13. The maximum atomic E-state index is 9.90. The number of carbonyl (C=O) groups is 2. The molecular weight excluding hydrogens is 248 g/mol. The van der Waals surface area contributed by atoms with Gasteiger partial charge < -0.3 is 35.1 Å². The lowest BCUT2D eigenvalue weighted by molar-refractivity contribution is -0.136. The summed E-state index contributed by atoms with van der Waals surface area (Å²) in [6, 6.07) is 0. The van der Waals surface area contributed by atoms with Gasteiger partial charge in [-0.2, -0.15) is 0 Å². The summed E-state index contributed by atoms with van der Waals surface area (Å²) in [4.78, 5) is 19.6. The normalized spacial score (nSPS) is 16.3. The lowest BCUT2D eigenvalue weighted by atomic mass is 10.0. The first-order chi connectivity index (χ1) is 8.31. The van der Waals surface area contributed by atoms with Crippen LogP contribution in [0.2, 0.25) is 0 Å². The minimum atomic E-state index is -1.79. The van der Waals surface area contributed by atoms with Gasteiger partial charge in [0.25, 0.3) is 0 Å². The summed E-state index contributed by atoms with van der Waals surface area (Å²) in [7, 11) is 0. The van der Waals surface area contributed by atoms with E-state index in [0.29, 0.717) is 0 Å². The smallest absolute Gasteiger partial charge is 0.307 e. The molecule has 0 radical (unpaired) electrons. The SMILES string of the molecule is C=COC(C)=O.O=CC(O)C(O)C(O)C(O)CO. The number of hydrogen-bond acceptors (Lipinski definition) is 8. The van der Waals surface area contributed by atoms with Crippen LogP contribution in [-0.2, 0) is 14.3 Å². The van der Waals surface area contributed by atoms with E-state index in [1.165, 1.54) is 6.92 Å². The molecule has 4 unspecified atom stereocenters. The molecule has 18 heavy (non-hydrogen) atoms. The first-order valence-corrected chi connectivity index (χ1v) is 4.88. The van der Waals surface area contributed by atoms with E-state index in [1.807, 2.05) is 0 Å². The van der Waals surface area contributed by atoms with Crippen molar-refractivity contribution in [1.29, 1.82) is 0 Å². The van der Waals surface area contributed by atoms with Gasteiger partial charge in [-0.05, 0) is 0 Å². The van der Waals surface area contributed by atoms with Crippen molar-refractivity contribution in [1.82, 2.24) is 0 Å². The summed E-state index contributed by atoms with van der Waals surface area (Å²) in [5.41, 5.74) is 0. The van der Waals surface area contributed by atoms with Crippen molar-refractivity contribution in [2.45, 2.75) is 31.3 Å². The third-order valence-electron chi connectivity index (χ3n) is 1.67. The van der Waals surface area contributed by atoms with E-state index in [9.17, 15) is 9.59 Å². The topological polar surface area (TPSA) is 145 Å². The van der Waals surface area contributed by atoms with Crippen molar-refractivity contribution < 1.29 is 39.9 Å². The molecule has 0 aliphatic carbocycles. The molecular formula is C10H18O8. The van der Waals surface area contributed by atoms with E-state index in [2.05, 4.69) is 11.3 Å². The number of aliphatic hydroxyl groups is 5. The molecule has 0 aromatic heterocycles. The molecule has 0 bridgehead atoms. The number of ether oxygens (including phenoxy) is 1. The molecule has 5 N–H and O–H groups in total. The molecule has 0 aliphatic heterocycles. The highest BCUT2D eigenvalue weighted by molar-refractivity contribution is 5.66. The Kier molecular flexibility index (Phi) is 11.4. The van der Waals surface area contributed by atoms with Crippen LogP contribution in [0.4, 0.5) is 0 Å². The van der Waals surface area contributed by atoms with Crippen LogP contribution in [0.25, 0.3) is 0 Å². The van der Waals surface area contributed by atoms with Gasteiger partial charge in [0.15, 0.2) is 6.29 Å². The number of rotatable bonds is 6. The Morgan fingerprint density at radius 1 is 1.28 bits per heavy atom. The molecule has 0 rings (SSSR count). The Balaban J connectivity index is 0. The fraction of sp³-hybridized carbons (Fsp3) is 0.600. The molecule has 8 nitrogen and oxygen atoms in total. The largest absolute Gasteiger partial charge is 0.435 e. The summed E-state index contributed by atoms with van der Waals surface area (Å²) in [5.74, 6) is -0.329. The molecule has 8 heteroatoms. The van der Waals surface area contributed by atoms with Gasteiger partial charge in [0.1, 0.15) is 24.4 Å². The van der Waals surface area contributed by atoms with Gasteiger partial charge >= 0.3 is 5.97 Å². The molecule has 0 fully saturated rings. The van der Waals surface area contributed by atoms with Gasteiger partial charge in [-0.3, -0.25) is 4.79 Å². The predicted molar refractivity (Wildman–Crippen MR) is 59.1 cm³/mol. The number of hydrogen-bond donors (Lipinski definition) is 5. The minimum absolute atomic E-state index is 0.0258. The van der Waals surface area contributed by atoms with Crippen LogP contribution < -0.4 is 0 Å². The van der Waals surface area contributed by atoms with Crippen molar-refractivity contribution in [3.63, 3.8) is 0 Å². The average Bonchev–Trinajstić information content (AvgIpc) is 2.35. The number of aliphatic hydroxyl groups excluding tert-OH is 5. The van der Waals surface area contributed by atoms with E-state index in [-0.39, 0.29) is 12.3 Å². The van der Waals surface area contributed by atoms with Crippen molar-refractivity contribution in [2.24, 2.45) is 0 Å². The molecule has 4 atom stereocenters. The van der Waals surface area contributed by atoms with Crippen molar-refractivity contribution in [3.05, 3.63) is 12.8 Å². The maximum absolute atomic E-state index is 9.90. The summed E-state index contributed by atoms with van der Waals surface area (Å²) in [6.45, 7) is 3.72. The molecule has 0 amide bonds. The van der Waals surface area contributed by atoms with Crippen LogP contribution in [0.3, 0.4) is 0 Å². The zero-order valence-electron chi connectivity index (χ0n) is 9.84. The highest BCUT2D eigenvalue weighted by Gasteiger charge is 2.29. The minimum Gasteiger partial charge on any atom is -0.435 e. The van der Waals surface area contributed by atoms with E-state index in [4.69, 9.17) is 25.5 Å². The van der Waals surface area contributed by atoms with E-state index >= 15 is 0 Å². The molecule has 106 valence electrons. The molecule has 0 aromatic rings. The monoisotopic (exact) mass is 266 g/mol. The number of carbonyl (C=O) groups excluding carboxylic acids is 2. The summed E-state index contributed by atoms with van der Waals surface area (Å²) in [5, 5.41) is 43.5. The average molecular weight is 266 g/mol. The lowest BCUT2D eigenvalue weighted by Gasteiger charge is -2.22. The molecule has 0 aromatic carbocycles. The van der Waals surface area contributed by atoms with Gasteiger partial charge in [0, 0.05) is 6.92 Å². The predicted octanol–water partition coefficient (Wildman–Crippen LogP) is -2.69. The summed E-state index contributed by atoms with van der Waals surface area (Å²) >= 11 is 0. The zero-order chi connectivity index (χ0) is 14.7. The van der Waals surface area contributed by atoms with Gasteiger partial charge in [-0.15, -0.1) is 0 Å². The van der Waals surface area contributed by atoms with Crippen LogP contribution in [0.5, 0.6) is 0 Å². The van der Waals surface area contributed by atoms with E-state index in [0.717, 1.165) is 6.26 Å². The lowest BCUT2D eigenvalue weighted by Crippen LogP contribution is -2.46. The number of esters is 1. The zero-order valence-corrected chi connectivity index (χ0v) is 9.84. The highest BCUT2D eigenvalue weighted by atomic mass is 16.5. The number of aldehydes is 1. The first-order valence-electron chi connectivity index (χ1n) is 4.88. The van der Waals surface area contributed by atoms with Gasteiger partial charge in [-0.1, -0.05) is 6.58 Å². The Morgan fingerprint density at radius 2 is 1.78 bits per heavy atom. The molecule has 0 heterocycles. The Bertz CT molecular complexity index is 254. The van der Waals surface area contributed by atoms with Crippen LogP contribution in [0.15, 0.2) is 12.8 Å². The standard InChI is InChI=1S/C6H12O6.C4H6O2/c7-1-3(9)5(11)6(12)4(10)2-8;1-3-6-4(2)5/h1,3-6,8-12H,2H2;3H,1H2,2H3. The van der Waals surface area contributed by atoms with E-state index in [1.54, 1.807) is 0 Å². The van der Waals surface area contributed by atoms with Gasteiger partial charge in [-0.25, -0.2) is 0 Å². The third-order valence-corrected chi connectivity index (χ3v) is 1.67. The molecule has 0 saturated heterocycles. The van der Waals surface area contributed by atoms with Gasteiger partial charge in [0.2, 0.25) is 0 Å². The molecule has 0 spiro atoms. The van der Waals surface area contributed by atoms with Crippen LogP contribution in [0, 0.1) is 0 Å². The van der Waals surface area contributed by atoms with Crippen molar-refractivity contribution >= 4 is 12.3 Å².